The minimum atomic E-state index is -1.10. The van der Waals surface area contributed by atoms with Crippen LogP contribution in [0.25, 0.3) is 11.0 Å². The highest BCUT2D eigenvalue weighted by atomic mass is 35.5. The molecule has 8 nitrogen and oxygen atoms in total. The van der Waals surface area contributed by atoms with Crippen molar-refractivity contribution < 1.29 is 28.9 Å². The average Bonchev–Trinajstić information content (AvgIpc) is 3.15. The van der Waals surface area contributed by atoms with Crippen molar-refractivity contribution >= 4 is 34.4 Å². The SMILES string of the molecule is COc1ccc(C(=O)c2c(C)n(Cc3ccc(Cl)c(O[C@@H](C)C(=O)O)c3)c3nc(OC)ccc23)cc1. The second kappa shape index (κ2) is 10.3. The molecule has 9 heteroatoms. The Balaban J connectivity index is 1.79. The van der Waals surface area contributed by atoms with Crippen molar-refractivity contribution in [1.82, 2.24) is 9.55 Å². The van der Waals surface area contributed by atoms with Gasteiger partial charge in [-0.05, 0) is 61.9 Å². The zero-order valence-electron chi connectivity index (χ0n) is 20.2. The summed E-state index contributed by atoms with van der Waals surface area (Å²) in [5.74, 6) is 0.108. The first-order chi connectivity index (χ1) is 17.2. The summed E-state index contributed by atoms with van der Waals surface area (Å²) < 4.78 is 18.0. The number of pyridine rings is 1. The maximum Gasteiger partial charge on any atom is 0.344 e. The molecule has 0 saturated carbocycles. The van der Waals surface area contributed by atoms with E-state index in [1.807, 2.05) is 23.6 Å². The summed E-state index contributed by atoms with van der Waals surface area (Å²) in [5.41, 5.74) is 3.16. The molecule has 1 N–H and O–H groups in total. The lowest BCUT2D eigenvalue weighted by Crippen LogP contribution is -2.23. The molecule has 1 atom stereocenters. The zero-order valence-corrected chi connectivity index (χ0v) is 21.0. The number of fused-ring (bicyclic) bond motifs is 1. The van der Waals surface area contributed by atoms with E-state index >= 15 is 0 Å². The lowest BCUT2D eigenvalue weighted by Gasteiger charge is -2.14. The Kier molecular flexibility index (Phi) is 7.17. The highest BCUT2D eigenvalue weighted by molar-refractivity contribution is 6.32. The summed E-state index contributed by atoms with van der Waals surface area (Å²) >= 11 is 6.24. The molecule has 0 amide bonds. The topological polar surface area (TPSA) is 99.9 Å². The van der Waals surface area contributed by atoms with Crippen molar-refractivity contribution in [3.8, 4) is 17.4 Å². The van der Waals surface area contributed by atoms with Gasteiger partial charge in [0, 0.05) is 29.3 Å². The van der Waals surface area contributed by atoms with Crippen LogP contribution >= 0.6 is 11.6 Å². The molecule has 0 unspecified atom stereocenters. The molecule has 4 aromatic rings. The van der Waals surface area contributed by atoms with Gasteiger partial charge in [0.15, 0.2) is 11.9 Å². The molecular weight excluding hydrogens is 484 g/mol. The maximum absolute atomic E-state index is 13.6. The first kappa shape index (κ1) is 25.1. The third kappa shape index (κ3) is 4.85. The molecule has 0 aliphatic heterocycles. The van der Waals surface area contributed by atoms with Gasteiger partial charge < -0.3 is 23.9 Å². The van der Waals surface area contributed by atoms with Crippen LogP contribution in [0, 0.1) is 6.92 Å². The van der Waals surface area contributed by atoms with Crippen LogP contribution in [0.2, 0.25) is 5.02 Å². The average molecular weight is 509 g/mol. The summed E-state index contributed by atoms with van der Waals surface area (Å²) in [6, 6.07) is 15.7. The number of carboxylic acids is 1. The minimum Gasteiger partial charge on any atom is -0.497 e. The molecule has 2 aromatic carbocycles. The Morgan fingerprint density at radius 3 is 2.42 bits per heavy atom. The van der Waals surface area contributed by atoms with Gasteiger partial charge in [-0.1, -0.05) is 17.7 Å². The number of carbonyl (C=O) groups excluding carboxylic acids is 1. The summed E-state index contributed by atoms with van der Waals surface area (Å²) in [5, 5.41) is 10.2. The summed E-state index contributed by atoms with van der Waals surface area (Å²) in [4.78, 5) is 29.4. The van der Waals surface area contributed by atoms with Crippen LogP contribution in [0.3, 0.4) is 0 Å². The van der Waals surface area contributed by atoms with E-state index in [1.54, 1.807) is 49.6 Å². The second-order valence-corrected chi connectivity index (χ2v) is 8.60. The van der Waals surface area contributed by atoms with Gasteiger partial charge in [-0.15, -0.1) is 0 Å². The van der Waals surface area contributed by atoms with Crippen LogP contribution in [0.15, 0.2) is 54.6 Å². The van der Waals surface area contributed by atoms with Crippen LogP contribution < -0.4 is 14.2 Å². The number of aromatic nitrogens is 2. The van der Waals surface area contributed by atoms with Gasteiger partial charge in [0.25, 0.3) is 0 Å². The molecule has 0 aliphatic carbocycles. The first-order valence-electron chi connectivity index (χ1n) is 11.1. The Bertz CT molecular complexity index is 1450. The predicted octanol–water partition coefficient (Wildman–Crippen LogP) is 5.15. The van der Waals surface area contributed by atoms with E-state index in [1.165, 1.54) is 14.0 Å². The molecule has 0 bridgehead atoms. The van der Waals surface area contributed by atoms with E-state index in [9.17, 15) is 14.7 Å². The molecule has 0 spiro atoms. The summed E-state index contributed by atoms with van der Waals surface area (Å²) in [6.07, 6.45) is -1.06. The van der Waals surface area contributed by atoms with E-state index in [4.69, 9.17) is 25.8 Å². The quantitative estimate of drug-likeness (QED) is 0.312. The number of benzene rings is 2. The van der Waals surface area contributed by atoms with Crippen LogP contribution in [0.5, 0.6) is 17.4 Å². The Morgan fingerprint density at radius 2 is 1.78 bits per heavy atom. The minimum absolute atomic E-state index is 0.138. The molecule has 186 valence electrons. The zero-order chi connectivity index (χ0) is 26.0. The number of hydrogen-bond donors (Lipinski definition) is 1. The summed E-state index contributed by atoms with van der Waals surface area (Å²) in [6.45, 7) is 3.64. The number of carboxylic acid groups (broad SMARTS) is 1. The lowest BCUT2D eigenvalue weighted by molar-refractivity contribution is -0.144. The van der Waals surface area contributed by atoms with Gasteiger partial charge in [0.2, 0.25) is 5.88 Å². The first-order valence-corrected chi connectivity index (χ1v) is 11.5. The van der Waals surface area contributed by atoms with Gasteiger partial charge in [-0.25, -0.2) is 4.79 Å². The monoisotopic (exact) mass is 508 g/mol. The number of ether oxygens (including phenoxy) is 3. The number of rotatable bonds is 9. The van der Waals surface area contributed by atoms with Crippen LogP contribution in [0.4, 0.5) is 0 Å². The second-order valence-electron chi connectivity index (χ2n) is 8.19. The van der Waals surface area contributed by atoms with Crippen molar-refractivity contribution in [3.05, 3.63) is 82.0 Å². The van der Waals surface area contributed by atoms with Crippen molar-refractivity contribution in [2.75, 3.05) is 14.2 Å². The molecule has 2 heterocycles. The standard InChI is InChI=1S/C27H25ClN2O6/c1-15-24(25(31)18-6-8-19(34-3)9-7-18)20-10-12-23(35-4)29-26(20)30(15)14-17-5-11-21(28)22(13-17)36-16(2)27(32)33/h5-13,16H,14H2,1-4H3,(H,32,33)/t16-/m0/s1. The number of nitrogens with zero attached hydrogens (tertiary/aromatic N) is 2. The number of carbonyl (C=O) groups is 2. The fraction of sp³-hybridized carbons (Fsp3) is 0.222. The largest absolute Gasteiger partial charge is 0.497 e. The highest BCUT2D eigenvalue weighted by Crippen LogP contribution is 2.32. The van der Waals surface area contributed by atoms with E-state index in [0.29, 0.717) is 45.4 Å². The number of halogens is 1. The number of aliphatic carboxylic acids is 1. The molecule has 0 saturated heterocycles. The smallest absolute Gasteiger partial charge is 0.344 e. The van der Waals surface area contributed by atoms with Gasteiger partial charge in [0.05, 0.1) is 24.8 Å². The molecule has 2 aromatic heterocycles. The van der Waals surface area contributed by atoms with E-state index in [2.05, 4.69) is 4.98 Å². The third-order valence-electron chi connectivity index (χ3n) is 5.92. The van der Waals surface area contributed by atoms with Crippen molar-refractivity contribution in [3.63, 3.8) is 0 Å². The molecular formula is C27H25ClN2O6. The van der Waals surface area contributed by atoms with Gasteiger partial charge in [-0.2, -0.15) is 4.98 Å². The van der Waals surface area contributed by atoms with E-state index in [-0.39, 0.29) is 11.5 Å². The highest BCUT2D eigenvalue weighted by Gasteiger charge is 2.23. The number of ketones is 1. The van der Waals surface area contributed by atoms with Crippen molar-refractivity contribution in [1.29, 1.82) is 0 Å². The normalized spacial score (nSPS) is 11.8. The molecule has 4 rings (SSSR count). The number of hydrogen-bond acceptors (Lipinski definition) is 6. The third-order valence-corrected chi connectivity index (χ3v) is 6.23. The van der Waals surface area contributed by atoms with Gasteiger partial charge in [0.1, 0.15) is 17.1 Å². The fourth-order valence-electron chi connectivity index (χ4n) is 3.96. The molecule has 0 aliphatic rings. The fourth-order valence-corrected chi connectivity index (χ4v) is 4.12. The lowest BCUT2D eigenvalue weighted by atomic mass is 10.0. The Morgan fingerprint density at radius 1 is 1.06 bits per heavy atom. The number of methoxy groups -OCH3 is 2. The van der Waals surface area contributed by atoms with Gasteiger partial charge >= 0.3 is 5.97 Å². The van der Waals surface area contributed by atoms with Crippen LogP contribution in [0.1, 0.15) is 34.1 Å². The van der Waals surface area contributed by atoms with E-state index in [0.717, 1.165) is 11.3 Å². The van der Waals surface area contributed by atoms with E-state index < -0.39 is 12.1 Å². The Labute approximate surface area is 213 Å². The molecule has 36 heavy (non-hydrogen) atoms. The predicted molar refractivity (Wildman–Crippen MR) is 136 cm³/mol. The van der Waals surface area contributed by atoms with Crippen LogP contribution in [-0.4, -0.2) is 46.7 Å². The van der Waals surface area contributed by atoms with Gasteiger partial charge in [-0.3, -0.25) is 4.79 Å². The summed E-state index contributed by atoms with van der Waals surface area (Å²) in [7, 11) is 3.10. The van der Waals surface area contributed by atoms with Crippen molar-refractivity contribution in [2.24, 2.45) is 0 Å². The Hall–Kier alpha value is -4.04. The van der Waals surface area contributed by atoms with Crippen molar-refractivity contribution in [2.45, 2.75) is 26.5 Å². The van der Waals surface area contributed by atoms with Crippen LogP contribution in [-0.2, 0) is 11.3 Å². The molecule has 0 radical (unpaired) electrons. The molecule has 0 fully saturated rings. The maximum atomic E-state index is 13.6.